The molecule has 0 spiro atoms. The van der Waals surface area contributed by atoms with E-state index in [1.54, 1.807) is 11.1 Å². The highest BCUT2D eigenvalue weighted by molar-refractivity contribution is 9.10. The molecule has 2 amide bonds. The maximum Gasteiger partial charge on any atom is 0.323 e. The van der Waals surface area contributed by atoms with E-state index in [1.807, 2.05) is 13.0 Å². The van der Waals surface area contributed by atoms with Crippen LogP contribution in [-0.2, 0) is 4.74 Å². The fourth-order valence-corrected chi connectivity index (χ4v) is 1.78. The molecule has 2 rings (SSSR count). The zero-order valence-electron chi connectivity index (χ0n) is 9.57. The normalized spacial score (nSPS) is 15.8. The van der Waals surface area contributed by atoms with Crippen LogP contribution < -0.4 is 5.32 Å². The van der Waals surface area contributed by atoms with Gasteiger partial charge in [0.05, 0.1) is 13.2 Å². The number of nitrogens with zero attached hydrogens (tertiary/aromatic N) is 2. The van der Waals surface area contributed by atoms with E-state index in [0.717, 1.165) is 10.0 Å². The summed E-state index contributed by atoms with van der Waals surface area (Å²) in [4.78, 5) is 17.7. The number of urea groups is 1. The highest BCUT2D eigenvalue weighted by Gasteiger charge is 2.17. The molecule has 0 bridgehead atoms. The number of rotatable bonds is 1. The lowest BCUT2D eigenvalue weighted by Gasteiger charge is -2.26. The molecule has 1 N–H and O–H groups in total. The molecule has 1 aliphatic rings. The fourth-order valence-electron chi connectivity index (χ4n) is 1.56. The number of carbonyl (C=O) groups is 1. The van der Waals surface area contributed by atoms with Gasteiger partial charge in [0, 0.05) is 23.8 Å². The molecule has 1 aromatic rings. The van der Waals surface area contributed by atoms with Gasteiger partial charge in [-0.3, -0.25) is 5.32 Å². The Morgan fingerprint density at radius 2 is 2.24 bits per heavy atom. The van der Waals surface area contributed by atoms with Crippen LogP contribution in [0.2, 0.25) is 0 Å². The monoisotopic (exact) mass is 299 g/mol. The van der Waals surface area contributed by atoms with Crippen molar-refractivity contribution in [2.45, 2.75) is 6.92 Å². The number of hydrogen-bond donors (Lipinski definition) is 1. The first-order valence-corrected chi connectivity index (χ1v) is 6.22. The van der Waals surface area contributed by atoms with Gasteiger partial charge in [-0.15, -0.1) is 0 Å². The first kappa shape index (κ1) is 12.3. The Morgan fingerprint density at radius 1 is 1.53 bits per heavy atom. The number of halogens is 1. The largest absolute Gasteiger partial charge is 0.378 e. The smallest absolute Gasteiger partial charge is 0.323 e. The zero-order valence-corrected chi connectivity index (χ0v) is 11.2. The Kier molecular flexibility index (Phi) is 3.96. The molecule has 6 heteroatoms. The highest BCUT2D eigenvalue weighted by atomic mass is 79.9. The fraction of sp³-hybridized carbons (Fsp3) is 0.455. The van der Waals surface area contributed by atoms with E-state index in [4.69, 9.17) is 4.74 Å². The molecule has 92 valence electrons. The van der Waals surface area contributed by atoms with Crippen molar-refractivity contribution in [3.63, 3.8) is 0 Å². The molecule has 0 aliphatic carbocycles. The first-order valence-electron chi connectivity index (χ1n) is 5.42. The van der Waals surface area contributed by atoms with Crippen LogP contribution in [0.4, 0.5) is 10.6 Å². The van der Waals surface area contributed by atoms with Gasteiger partial charge < -0.3 is 9.64 Å². The standard InChI is InChI=1S/C11H14BrN3O2/c1-8-6-10(13-7-9(8)12)14-11(16)15-2-4-17-5-3-15/h6-7H,2-5H2,1H3,(H,13,14,16). The predicted molar refractivity (Wildman–Crippen MR) is 68.1 cm³/mol. The van der Waals surface area contributed by atoms with Crippen molar-refractivity contribution >= 4 is 27.8 Å². The summed E-state index contributed by atoms with van der Waals surface area (Å²) in [6.07, 6.45) is 1.68. The van der Waals surface area contributed by atoms with Crippen molar-refractivity contribution in [3.8, 4) is 0 Å². The summed E-state index contributed by atoms with van der Waals surface area (Å²) in [5.41, 5.74) is 1.04. The van der Waals surface area contributed by atoms with Crippen LogP contribution in [0.15, 0.2) is 16.7 Å². The summed E-state index contributed by atoms with van der Waals surface area (Å²) < 4.78 is 6.12. The molecule has 0 saturated carbocycles. The average Bonchev–Trinajstić information content (AvgIpc) is 2.35. The van der Waals surface area contributed by atoms with Gasteiger partial charge >= 0.3 is 6.03 Å². The minimum Gasteiger partial charge on any atom is -0.378 e. The highest BCUT2D eigenvalue weighted by Crippen LogP contribution is 2.17. The number of hydrogen-bond acceptors (Lipinski definition) is 3. The lowest BCUT2D eigenvalue weighted by atomic mass is 10.3. The summed E-state index contributed by atoms with van der Waals surface area (Å²) in [6, 6.07) is 1.71. The van der Waals surface area contributed by atoms with Crippen LogP contribution in [0.5, 0.6) is 0 Å². The van der Waals surface area contributed by atoms with Gasteiger partial charge in [-0.2, -0.15) is 0 Å². The van der Waals surface area contributed by atoms with E-state index in [2.05, 4.69) is 26.2 Å². The molecule has 0 unspecified atom stereocenters. The van der Waals surface area contributed by atoms with Gasteiger partial charge in [0.25, 0.3) is 0 Å². The average molecular weight is 300 g/mol. The van der Waals surface area contributed by atoms with Crippen molar-refractivity contribution < 1.29 is 9.53 Å². The minimum absolute atomic E-state index is 0.123. The van der Waals surface area contributed by atoms with Gasteiger partial charge in [-0.1, -0.05) is 0 Å². The molecule has 0 aromatic carbocycles. The predicted octanol–water partition coefficient (Wildman–Crippen LogP) is 2.02. The summed E-state index contributed by atoms with van der Waals surface area (Å²) in [6.45, 7) is 4.40. The molecule has 1 aromatic heterocycles. The Balaban J connectivity index is 1.99. The second-order valence-corrected chi connectivity index (χ2v) is 4.70. The summed E-state index contributed by atoms with van der Waals surface area (Å²) in [5.74, 6) is 0.571. The second-order valence-electron chi connectivity index (χ2n) is 3.85. The second kappa shape index (κ2) is 5.46. The number of aryl methyl sites for hydroxylation is 1. The molecule has 1 saturated heterocycles. The first-order chi connectivity index (χ1) is 8.16. The quantitative estimate of drug-likeness (QED) is 0.863. The van der Waals surface area contributed by atoms with E-state index in [-0.39, 0.29) is 6.03 Å². The van der Waals surface area contributed by atoms with Crippen LogP contribution in [-0.4, -0.2) is 42.2 Å². The van der Waals surface area contributed by atoms with E-state index >= 15 is 0 Å². The van der Waals surface area contributed by atoms with Crippen LogP contribution in [0, 0.1) is 6.92 Å². The maximum absolute atomic E-state index is 11.9. The third kappa shape index (κ3) is 3.17. The minimum atomic E-state index is -0.123. The van der Waals surface area contributed by atoms with Gasteiger partial charge in [0.15, 0.2) is 0 Å². The molecule has 2 heterocycles. The molecule has 5 nitrogen and oxygen atoms in total. The molecule has 0 radical (unpaired) electrons. The van der Waals surface area contributed by atoms with Crippen molar-refractivity contribution in [1.82, 2.24) is 9.88 Å². The third-order valence-electron chi connectivity index (χ3n) is 2.58. The molecular formula is C11H14BrN3O2. The van der Waals surface area contributed by atoms with Crippen LogP contribution in [0.1, 0.15) is 5.56 Å². The number of morpholine rings is 1. The Morgan fingerprint density at radius 3 is 2.88 bits per heavy atom. The zero-order chi connectivity index (χ0) is 12.3. The summed E-state index contributed by atoms with van der Waals surface area (Å²) in [5, 5.41) is 2.78. The SMILES string of the molecule is Cc1cc(NC(=O)N2CCOCC2)ncc1Br. The number of amides is 2. The molecule has 1 aliphatic heterocycles. The third-order valence-corrected chi connectivity index (χ3v) is 3.41. The maximum atomic E-state index is 11.9. The summed E-state index contributed by atoms with van der Waals surface area (Å²) in [7, 11) is 0. The van der Waals surface area contributed by atoms with Crippen molar-refractivity contribution in [2.75, 3.05) is 31.6 Å². The lowest BCUT2D eigenvalue weighted by molar-refractivity contribution is 0.0564. The van der Waals surface area contributed by atoms with E-state index in [0.29, 0.717) is 32.1 Å². The van der Waals surface area contributed by atoms with Gasteiger partial charge in [-0.05, 0) is 34.5 Å². The van der Waals surface area contributed by atoms with Crippen LogP contribution >= 0.6 is 15.9 Å². The van der Waals surface area contributed by atoms with E-state index in [9.17, 15) is 4.79 Å². The van der Waals surface area contributed by atoms with E-state index < -0.39 is 0 Å². The number of ether oxygens (including phenoxy) is 1. The number of aromatic nitrogens is 1. The van der Waals surface area contributed by atoms with Crippen molar-refractivity contribution in [2.24, 2.45) is 0 Å². The van der Waals surface area contributed by atoms with Crippen molar-refractivity contribution in [1.29, 1.82) is 0 Å². The molecule has 1 fully saturated rings. The molecule has 17 heavy (non-hydrogen) atoms. The van der Waals surface area contributed by atoms with Gasteiger partial charge in [0.2, 0.25) is 0 Å². The van der Waals surface area contributed by atoms with Gasteiger partial charge in [-0.25, -0.2) is 9.78 Å². The summed E-state index contributed by atoms with van der Waals surface area (Å²) >= 11 is 3.37. The molecule has 0 atom stereocenters. The van der Waals surface area contributed by atoms with Gasteiger partial charge in [0.1, 0.15) is 5.82 Å². The Labute approximate surface area is 108 Å². The number of nitrogens with one attached hydrogen (secondary N) is 1. The van der Waals surface area contributed by atoms with Crippen molar-refractivity contribution in [3.05, 3.63) is 22.3 Å². The lowest BCUT2D eigenvalue weighted by Crippen LogP contribution is -2.43. The topological polar surface area (TPSA) is 54.5 Å². The van der Waals surface area contributed by atoms with Crippen LogP contribution in [0.3, 0.4) is 0 Å². The number of anilines is 1. The van der Waals surface area contributed by atoms with E-state index in [1.165, 1.54) is 0 Å². The van der Waals surface area contributed by atoms with Crippen LogP contribution in [0.25, 0.3) is 0 Å². The Bertz CT molecular complexity index is 419. The molecular weight excluding hydrogens is 286 g/mol. The number of carbonyl (C=O) groups excluding carboxylic acids is 1. The number of pyridine rings is 1. The Hall–Kier alpha value is -1.14.